The van der Waals surface area contributed by atoms with Gasteiger partial charge in [0.05, 0.1) is 4.90 Å². The normalized spacial score (nSPS) is 13.3. The summed E-state index contributed by atoms with van der Waals surface area (Å²) >= 11 is 1.63. The van der Waals surface area contributed by atoms with Gasteiger partial charge in [-0.1, -0.05) is 12.1 Å². The van der Waals surface area contributed by atoms with Crippen molar-refractivity contribution < 1.29 is 8.42 Å². The topological polar surface area (TPSA) is 58.2 Å². The highest BCUT2D eigenvalue weighted by molar-refractivity contribution is 7.98. The van der Waals surface area contributed by atoms with Crippen molar-refractivity contribution in [3.05, 3.63) is 29.8 Å². The van der Waals surface area contributed by atoms with Crippen LogP contribution < -0.4 is 10.0 Å². The summed E-state index contributed by atoms with van der Waals surface area (Å²) in [5.74, 6) is 0.765. The zero-order valence-corrected chi connectivity index (χ0v) is 14.0. The van der Waals surface area contributed by atoms with Gasteiger partial charge in [0.25, 0.3) is 0 Å². The van der Waals surface area contributed by atoms with Gasteiger partial charge in [0.1, 0.15) is 0 Å². The minimum absolute atomic E-state index is 0.0645. The Bertz CT molecular complexity index is 486. The highest BCUT2D eigenvalue weighted by Crippen LogP contribution is 2.13. The van der Waals surface area contributed by atoms with Gasteiger partial charge in [-0.25, -0.2) is 13.1 Å². The van der Waals surface area contributed by atoms with Gasteiger partial charge in [0.2, 0.25) is 10.0 Å². The smallest absolute Gasteiger partial charge is 0.240 e. The first kappa shape index (κ1) is 17.5. The minimum atomic E-state index is -3.40. The van der Waals surface area contributed by atoms with Crippen molar-refractivity contribution in [2.75, 3.05) is 25.6 Å². The summed E-state index contributed by atoms with van der Waals surface area (Å²) in [6.45, 7) is 2.84. The molecule has 1 unspecified atom stereocenters. The third-order valence-corrected chi connectivity index (χ3v) is 5.34. The van der Waals surface area contributed by atoms with Crippen molar-refractivity contribution in [3.8, 4) is 0 Å². The van der Waals surface area contributed by atoms with E-state index in [-0.39, 0.29) is 6.04 Å². The molecule has 2 N–H and O–H groups in total. The molecule has 20 heavy (non-hydrogen) atoms. The average molecular weight is 316 g/mol. The fourth-order valence-corrected chi connectivity index (χ4v) is 3.85. The highest BCUT2D eigenvalue weighted by Gasteiger charge is 2.16. The first-order valence-corrected chi connectivity index (χ1v) is 9.62. The van der Waals surface area contributed by atoms with Crippen LogP contribution in [0.3, 0.4) is 0 Å². The Morgan fingerprint density at radius 3 is 2.45 bits per heavy atom. The van der Waals surface area contributed by atoms with Crippen LogP contribution in [-0.2, 0) is 16.4 Å². The van der Waals surface area contributed by atoms with Gasteiger partial charge in [-0.2, -0.15) is 11.8 Å². The van der Waals surface area contributed by atoms with Crippen LogP contribution in [0.4, 0.5) is 0 Å². The van der Waals surface area contributed by atoms with E-state index in [1.54, 1.807) is 23.9 Å². The lowest BCUT2D eigenvalue weighted by molar-refractivity contribution is 0.571. The molecular weight excluding hydrogens is 292 g/mol. The second-order valence-corrected chi connectivity index (χ2v) is 7.45. The number of aryl methyl sites for hydroxylation is 1. The molecule has 0 heterocycles. The average Bonchev–Trinajstić information content (AvgIpc) is 2.39. The third kappa shape index (κ3) is 5.83. The lowest BCUT2D eigenvalue weighted by Crippen LogP contribution is -2.34. The lowest BCUT2D eigenvalue weighted by Gasteiger charge is -2.13. The van der Waals surface area contributed by atoms with Gasteiger partial charge in [-0.05, 0) is 57.3 Å². The number of benzene rings is 1. The molecule has 4 nitrogen and oxygen atoms in total. The summed E-state index contributed by atoms with van der Waals surface area (Å²) in [4.78, 5) is 0.336. The van der Waals surface area contributed by atoms with Crippen molar-refractivity contribution in [2.45, 2.75) is 30.7 Å². The summed E-state index contributed by atoms with van der Waals surface area (Å²) in [7, 11) is -1.47. The van der Waals surface area contributed by atoms with Crippen molar-refractivity contribution in [1.82, 2.24) is 10.0 Å². The molecule has 0 aliphatic carbocycles. The van der Waals surface area contributed by atoms with E-state index in [4.69, 9.17) is 0 Å². The Morgan fingerprint density at radius 2 is 1.90 bits per heavy atom. The fourth-order valence-electron chi connectivity index (χ4n) is 1.92. The molecule has 0 spiro atoms. The van der Waals surface area contributed by atoms with Gasteiger partial charge in [-0.3, -0.25) is 0 Å². The summed E-state index contributed by atoms with van der Waals surface area (Å²) in [5.41, 5.74) is 1.16. The van der Waals surface area contributed by atoms with Crippen LogP contribution >= 0.6 is 11.8 Å². The van der Waals surface area contributed by atoms with Crippen LogP contribution in [0.25, 0.3) is 0 Å². The molecule has 0 bridgehead atoms. The molecule has 0 aliphatic rings. The van der Waals surface area contributed by atoms with Gasteiger partial charge >= 0.3 is 0 Å². The van der Waals surface area contributed by atoms with Gasteiger partial charge in [0, 0.05) is 11.8 Å². The van der Waals surface area contributed by atoms with Gasteiger partial charge in [-0.15, -0.1) is 0 Å². The van der Waals surface area contributed by atoms with Crippen LogP contribution in [-0.4, -0.2) is 40.1 Å². The largest absolute Gasteiger partial charge is 0.320 e. The number of thioether (sulfide) groups is 1. The van der Waals surface area contributed by atoms with Crippen molar-refractivity contribution in [1.29, 1.82) is 0 Å². The van der Waals surface area contributed by atoms with E-state index in [9.17, 15) is 8.42 Å². The predicted molar refractivity (Wildman–Crippen MR) is 86.9 cm³/mol. The Labute approximate surface area is 126 Å². The molecule has 1 atom stereocenters. The molecule has 0 amide bonds. The fraction of sp³-hybridized carbons (Fsp3) is 0.571. The van der Waals surface area contributed by atoms with Gasteiger partial charge in [0.15, 0.2) is 0 Å². The third-order valence-electron chi connectivity index (χ3n) is 2.90. The molecule has 0 saturated heterocycles. The number of nitrogens with one attached hydrogen (secondary N) is 2. The molecule has 1 aromatic rings. The first-order chi connectivity index (χ1) is 9.49. The van der Waals surface area contributed by atoms with Crippen LogP contribution in [0, 0.1) is 0 Å². The molecule has 114 valence electrons. The van der Waals surface area contributed by atoms with Crippen LogP contribution in [0.2, 0.25) is 0 Å². The number of sulfonamides is 1. The molecular formula is C14H24N2O2S2. The predicted octanol–water partition coefficient (Wildman–Crippen LogP) is 1.87. The molecule has 0 radical (unpaired) electrons. The number of rotatable bonds is 9. The Morgan fingerprint density at radius 1 is 1.25 bits per heavy atom. The van der Waals surface area contributed by atoms with E-state index >= 15 is 0 Å². The Hall–Kier alpha value is -0.560. The van der Waals surface area contributed by atoms with Gasteiger partial charge < -0.3 is 5.32 Å². The zero-order chi connectivity index (χ0) is 15.0. The second-order valence-electron chi connectivity index (χ2n) is 4.83. The Balaban J connectivity index is 2.66. The summed E-state index contributed by atoms with van der Waals surface area (Å²) in [5, 5.41) is 3.10. The van der Waals surface area contributed by atoms with E-state index in [1.807, 2.05) is 32.4 Å². The SMILES string of the molecule is CNCCCc1ccc(S(=O)(=O)NC(C)CSC)cc1. The zero-order valence-electron chi connectivity index (χ0n) is 12.3. The molecule has 0 aliphatic heterocycles. The van der Waals surface area contributed by atoms with E-state index < -0.39 is 10.0 Å². The standard InChI is InChI=1S/C14H24N2O2S2/c1-12(11-19-3)16-20(17,18)14-8-6-13(7-9-14)5-4-10-15-2/h6-9,12,15-16H,4-5,10-11H2,1-3H3. The van der Waals surface area contributed by atoms with Crippen molar-refractivity contribution in [2.24, 2.45) is 0 Å². The maximum atomic E-state index is 12.2. The van der Waals surface area contributed by atoms with Crippen LogP contribution in [0.15, 0.2) is 29.2 Å². The molecule has 6 heteroatoms. The second kappa shape index (κ2) is 8.67. The van der Waals surface area contributed by atoms with E-state index in [1.165, 1.54) is 0 Å². The summed E-state index contributed by atoms with van der Waals surface area (Å²) < 4.78 is 27.0. The lowest BCUT2D eigenvalue weighted by atomic mass is 10.1. The van der Waals surface area contributed by atoms with Crippen LogP contribution in [0.1, 0.15) is 18.9 Å². The quantitative estimate of drug-likeness (QED) is 0.683. The van der Waals surface area contributed by atoms with E-state index in [0.717, 1.165) is 30.7 Å². The Kier molecular flexibility index (Phi) is 7.58. The summed E-state index contributed by atoms with van der Waals surface area (Å²) in [6.07, 6.45) is 3.97. The maximum Gasteiger partial charge on any atom is 0.240 e. The van der Waals surface area contributed by atoms with Crippen molar-refractivity contribution in [3.63, 3.8) is 0 Å². The maximum absolute atomic E-state index is 12.2. The van der Waals surface area contributed by atoms with Crippen molar-refractivity contribution >= 4 is 21.8 Å². The molecule has 0 aromatic heterocycles. The minimum Gasteiger partial charge on any atom is -0.320 e. The molecule has 1 aromatic carbocycles. The number of hydrogen-bond acceptors (Lipinski definition) is 4. The van der Waals surface area contributed by atoms with E-state index in [2.05, 4.69) is 10.0 Å². The van der Waals surface area contributed by atoms with Crippen LogP contribution in [0.5, 0.6) is 0 Å². The molecule has 0 saturated carbocycles. The highest BCUT2D eigenvalue weighted by atomic mass is 32.2. The summed E-state index contributed by atoms with van der Waals surface area (Å²) in [6, 6.07) is 7.09. The first-order valence-electron chi connectivity index (χ1n) is 6.74. The monoisotopic (exact) mass is 316 g/mol. The van der Waals surface area contributed by atoms with E-state index in [0.29, 0.717) is 4.90 Å². The molecule has 0 fully saturated rings. The number of hydrogen-bond donors (Lipinski definition) is 2. The molecule has 1 rings (SSSR count).